The molecule has 0 amide bonds. The largest absolute Gasteiger partial charge is 0.260 e. The van der Waals surface area contributed by atoms with Gasteiger partial charge in [0.15, 0.2) is 0 Å². The van der Waals surface area contributed by atoms with Gasteiger partial charge in [-0.1, -0.05) is 36.8 Å². The maximum absolute atomic E-state index is 4.58. The first kappa shape index (κ1) is 10.5. The van der Waals surface area contributed by atoms with Crippen molar-refractivity contribution in [3.63, 3.8) is 0 Å². The van der Waals surface area contributed by atoms with E-state index in [1.807, 2.05) is 12.3 Å². The van der Waals surface area contributed by atoms with Gasteiger partial charge in [0.25, 0.3) is 0 Å². The van der Waals surface area contributed by atoms with Gasteiger partial charge in [-0.25, -0.2) is 0 Å². The standard InChI is InChI=1S/C16H17N/c1-11-5-8-15-12(2)16-13(4-3-9-17-16)6-7-14(15)10-11/h3-5,8-10,12H,6-7H2,1-2H3. The van der Waals surface area contributed by atoms with Crippen LogP contribution in [0, 0.1) is 6.92 Å². The Labute approximate surface area is 103 Å². The number of hydrogen-bond acceptors (Lipinski definition) is 1. The normalized spacial score (nSPS) is 18.1. The van der Waals surface area contributed by atoms with Gasteiger partial charge in [-0.15, -0.1) is 0 Å². The Morgan fingerprint density at radius 3 is 2.82 bits per heavy atom. The predicted octanol–water partition coefficient (Wildman–Crippen LogP) is 3.64. The molecule has 0 spiro atoms. The van der Waals surface area contributed by atoms with Gasteiger partial charge in [-0.05, 0) is 42.5 Å². The SMILES string of the molecule is Cc1ccc2c(c1)CCc1cccnc1C2C. The third-order valence-electron chi connectivity index (χ3n) is 3.76. The zero-order valence-corrected chi connectivity index (χ0v) is 10.4. The predicted molar refractivity (Wildman–Crippen MR) is 70.3 cm³/mol. The third-order valence-corrected chi connectivity index (χ3v) is 3.76. The second kappa shape index (κ2) is 3.99. The van der Waals surface area contributed by atoms with Crippen LogP contribution >= 0.6 is 0 Å². The van der Waals surface area contributed by atoms with E-state index in [1.165, 1.54) is 27.9 Å². The van der Waals surface area contributed by atoms with Crippen molar-refractivity contribution in [2.45, 2.75) is 32.6 Å². The van der Waals surface area contributed by atoms with Gasteiger partial charge in [-0.3, -0.25) is 4.98 Å². The topological polar surface area (TPSA) is 12.9 Å². The van der Waals surface area contributed by atoms with Gasteiger partial charge >= 0.3 is 0 Å². The Morgan fingerprint density at radius 2 is 1.94 bits per heavy atom. The molecular formula is C16H17N. The molecule has 1 aliphatic carbocycles. The van der Waals surface area contributed by atoms with Gasteiger partial charge in [0.05, 0.1) is 5.69 Å². The third kappa shape index (κ3) is 1.76. The summed E-state index contributed by atoms with van der Waals surface area (Å²) >= 11 is 0. The highest BCUT2D eigenvalue weighted by Gasteiger charge is 2.20. The summed E-state index contributed by atoms with van der Waals surface area (Å²) in [6.07, 6.45) is 4.17. The monoisotopic (exact) mass is 223 g/mol. The van der Waals surface area contributed by atoms with Crippen LogP contribution in [0.1, 0.15) is 40.8 Å². The lowest BCUT2D eigenvalue weighted by atomic mass is 9.92. The smallest absolute Gasteiger partial charge is 0.0507 e. The van der Waals surface area contributed by atoms with Crippen molar-refractivity contribution in [1.82, 2.24) is 4.98 Å². The first-order valence-corrected chi connectivity index (χ1v) is 6.29. The lowest BCUT2D eigenvalue weighted by Gasteiger charge is -2.14. The van der Waals surface area contributed by atoms with Crippen LogP contribution < -0.4 is 0 Å². The molecule has 0 fully saturated rings. The minimum absolute atomic E-state index is 0.421. The first-order valence-electron chi connectivity index (χ1n) is 6.29. The Hall–Kier alpha value is -1.63. The molecule has 0 saturated heterocycles. The van der Waals surface area contributed by atoms with E-state index < -0.39 is 0 Å². The van der Waals surface area contributed by atoms with Crippen LogP contribution in [0.5, 0.6) is 0 Å². The van der Waals surface area contributed by atoms with E-state index in [1.54, 1.807) is 0 Å². The zero-order valence-electron chi connectivity index (χ0n) is 10.4. The molecule has 1 aliphatic rings. The number of hydrogen-bond donors (Lipinski definition) is 0. The lowest BCUT2D eigenvalue weighted by molar-refractivity contribution is 0.859. The molecule has 17 heavy (non-hydrogen) atoms. The van der Waals surface area contributed by atoms with Crippen LogP contribution in [-0.4, -0.2) is 4.98 Å². The van der Waals surface area contributed by atoms with E-state index in [4.69, 9.17) is 0 Å². The number of rotatable bonds is 0. The minimum atomic E-state index is 0.421. The number of benzene rings is 1. The molecule has 2 aromatic rings. The maximum atomic E-state index is 4.58. The molecule has 0 N–H and O–H groups in total. The number of aromatic nitrogens is 1. The van der Waals surface area contributed by atoms with Gasteiger partial charge in [-0.2, -0.15) is 0 Å². The molecule has 1 atom stereocenters. The second-order valence-electron chi connectivity index (χ2n) is 4.97. The fourth-order valence-electron chi connectivity index (χ4n) is 2.84. The molecule has 0 radical (unpaired) electrons. The Kier molecular flexibility index (Phi) is 2.47. The fraction of sp³-hybridized carbons (Fsp3) is 0.312. The van der Waals surface area contributed by atoms with Crippen LogP contribution in [0.2, 0.25) is 0 Å². The molecule has 3 rings (SSSR count). The molecule has 1 aromatic heterocycles. The summed E-state index contributed by atoms with van der Waals surface area (Å²) in [5.41, 5.74) is 6.97. The quantitative estimate of drug-likeness (QED) is 0.664. The van der Waals surface area contributed by atoms with E-state index in [9.17, 15) is 0 Å². The van der Waals surface area contributed by atoms with Crippen LogP contribution in [0.4, 0.5) is 0 Å². The molecule has 0 bridgehead atoms. The first-order chi connectivity index (χ1) is 8.25. The Balaban J connectivity index is 2.16. The minimum Gasteiger partial charge on any atom is -0.260 e. The molecular weight excluding hydrogens is 206 g/mol. The second-order valence-corrected chi connectivity index (χ2v) is 4.97. The van der Waals surface area contributed by atoms with Gasteiger partial charge in [0, 0.05) is 12.1 Å². The van der Waals surface area contributed by atoms with E-state index in [2.05, 4.69) is 43.1 Å². The van der Waals surface area contributed by atoms with E-state index in [0.29, 0.717) is 5.92 Å². The van der Waals surface area contributed by atoms with E-state index in [-0.39, 0.29) is 0 Å². The van der Waals surface area contributed by atoms with Crippen LogP contribution in [0.15, 0.2) is 36.5 Å². The summed E-state index contributed by atoms with van der Waals surface area (Å²) in [7, 11) is 0. The highest BCUT2D eigenvalue weighted by atomic mass is 14.7. The number of pyridine rings is 1. The summed E-state index contributed by atoms with van der Waals surface area (Å²) in [6.45, 7) is 4.44. The molecule has 86 valence electrons. The average molecular weight is 223 g/mol. The fourth-order valence-corrected chi connectivity index (χ4v) is 2.84. The molecule has 1 heteroatoms. The molecule has 0 saturated carbocycles. The maximum Gasteiger partial charge on any atom is 0.0507 e. The molecule has 1 aromatic carbocycles. The summed E-state index contributed by atoms with van der Waals surface area (Å²) in [5, 5.41) is 0. The zero-order chi connectivity index (χ0) is 11.8. The van der Waals surface area contributed by atoms with Crippen LogP contribution in [-0.2, 0) is 12.8 Å². The van der Waals surface area contributed by atoms with Crippen molar-refractivity contribution in [1.29, 1.82) is 0 Å². The van der Waals surface area contributed by atoms with E-state index in [0.717, 1.165) is 12.8 Å². The summed E-state index contributed by atoms with van der Waals surface area (Å²) in [4.78, 5) is 4.58. The lowest BCUT2D eigenvalue weighted by Crippen LogP contribution is -2.01. The summed E-state index contributed by atoms with van der Waals surface area (Å²) in [6, 6.07) is 11.1. The highest BCUT2D eigenvalue weighted by Crippen LogP contribution is 2.32. The van der Waals surface area contributed by atoms with Crippen molar-refractivity contribution < 1.29 is 0 Å². The van der Waals surface area contributed by atoms with Crippen LogP contribution in [0.25, 0.3) is 0 Å². The highest BCUT2D eigenvalue weighted by molar-refractivity contribution is 5.42. The average Bonchev–Trinajstić information content (AvgIpc) is 2.48. The van der Waals surface area contributed by atoms with Crippen molar-refractivity contribution in [2.24, 2.45) is 0 Å². The Bertz CT molecular complexity index is 557. The Morgan fingerprint density at radius 1 is 1.12 bits per heavy atom. The molecule has 1 unspecified atom stereocenters. The molecule has 1 nitrogen and oxygen atoms in total. The van der Waals surface area contributed by atoms with Gasteiger partial charge in [0.2, 0.25) is 0 Å². The number of nitrogens with zero attached hydrogens (tertiary/aromatic N) is 1. The van der Waals surface area contributed by atoms with Gasteiger partial charge < -0.3 is 0 Å². The van der Waals surface area contributed by atoms with Crippen molar-refractivity contribution >= 4 is 0 Å². The summed E-state index contributed by atoms with van der Waals surface area (Å²) in [5.74, 6) is 0.421. The van der Waals surface area contributed by atoms with Crippen molar-refractivity contribution in [3.05, 3.63) is 64.5 Å². The number of aryl methyl sites for hydroxylation is 3. The summed E-state index contributed by atoms with van der Waals surface area (Å²) < 4.78 is 0. The van der Waals surface area contributed by atoms with Crippen molar-refractivity contribution in [2.75, 3.05) is 0 Å². The van der Waals surface area contributed by atoms with Crippen molar-refractivity contribution in [3.8, 4) is 0 Å². The molecule has 1 heterocycles. The van der Waals surface area contributed by atoms with Crippen LogP contribution in [0.3, 0.4) is 0 Å². The number of fused-ring (bicyclic) bond motifs is 2. The van der Waals surface area contributed by atoms with Gasteiger partial charge in [0.1, 0.15) is 0 Å². The molecule has 0 aliphatic heterocycles. The van der Waals surface area contributed by atoms with E-state index >= 15 is 0 Å².